The van der Waals surface area contributed by atoms with Crippen molar-refractivity contribution in [2.24, 2.45) is 0 Å². The first-order valence-electron chi connectivity index (χ1n) is 9.48. The largest absolute Gasteiger partial charge is 0.485 e. The maximum atomic E-state index is 12.3. The first-order chi connectivity index (χ1) is 12.1. The number of likely N-dealkylation sites (tertiary alicyclic amines) is 1. The highest BCUT2D eigenvalue weighted by atomic mass is 16.5. The lowest BCUT2D eigenvalue weighted by Crippen LogP contribution is -2.55. The van der Waals surface area contributed by atoms with Crippen molar-refractivity contribution in [2.75, 3.05) is 33.3 Å². The van der Waals surface area contributed by atoms with Gasteiger partial charge in [0.05, 0.1) is 17.7 Å². The number of hydrogen-bond donors (Lipinski definition) is 1. The molecule has 0 unspecified atom stereocenters. The van der Waals surface area contributed by atoms with Crippen molar-refractivity contribution in [2.45, 2.75) is 49.7 Å². The Balaban J connectivity index is 1.43. The molecule has 5 heteroatoms. The lowest BCUT2D eigenvalue weighted by Gasteiger charge is -2.43. The quantitative estimate of drug-likeness (QED) is 0.916. The van der Waals surface area contributed by atoms with E-state index in [-0.39, 0.29) is 17.1 Å². The minimum atomic E-state index is -0.283. The van der Waals surface area contributed by atoms with Gasteiger partial charge in [0.1, 0.15) is 11.4 Å². The van der Waals surface area contributed by atoms with Crippen LogP contribution in [-0.4, -0.2) is 55.3 Å². The highest BCUT2D eigenvalue weighted by Crippen LogP contribution is 2.36. The van der Waals surface area contributed by atoms with Gasteiger partial charge in [0, 0.05) is 39.6 Å². The molecule has 1 aromatic rings. The summed E-state index contributed by atoms with van der Waals surface area (Å²) in [6.45, 7) is 3.58. The lowest BCUT2D eigenvalue weighted by atomic mass is 9.89. The maximum absolute atomic E-state index is 12.3. The molecule has 1 aromatic carbocycles. The number of piperidine rings is 1. The van der Waals surface area contributed by atoms with Gasteiger partial charge >= 0.3 is 0 Å². The summed E-state index contributed by atoms with van der Waals surface area (Å²) in [5.41, 5.74) is 0.413. The predicted octanol–water partition coefficient (Wildman–Crippen LogP) is 2.60. The molecule has 1 spiro atoms. The van der Waals surface area contributed by atoms with Crippen molar-refractivity contribution in [3.63, 3.8) is 0 Å². The SMILES string of the molecule is COC1(CN2CCC3(CC2)CNC(=O)c2ccccc2O3)CCCC1. The molecule has 3 aliphatic rings. The Morgan fingerprint density at radius 2 is 1.88 bits per heavy atom. The average Bonchev–Trinajstić information content (AvgIpc) is 3.06. The Hall–Kier alpha value is -1.59. The number of ether oxygens (including phenoxy) is 2. The molecule has 1 aliphatic carbocycles. The second-order valence-corrected chi connectivity index (χ2v) is 7.83. The van der Waals surface area contributed by atoms with E-state index in [9.17, 15) is 4.79 Å². The van der Waals surface area contributed by atoms with Crippen LogP contribution in [0.25, 0.3) is 0 Å². The minimum absolute atomic E-state index is 0.0285. The summed E-state index contributed by atoms with van der Waals surface area (Å²) in [6.07, 6.45) is 6.76. The zero-order chi connectivity index (χ0) is 17.3. The number of benzene rings is 1. The van der Waals surface area contributed by atoms with E-state index in [0.717, 1.165) is 38.2 Å². The van der Waals surface area contributed by atoms with Gasteiger partial charge in [-0.15, -0.1) is 0 Å². The molecule has 2 aliphatic heterocycles. The third kappa shape index (κ3) is 3.27. The molecule has 2 heterocycles. The topological polar surface area (TPSA) is 50.8 Å². The summed E-state index contributed by atoms with van der Waals surface area (Å²) >= 11 is 0. The number of nitrogens with zero attached hydrogens (tertiary/aromatic N) is 1. The zero-order valence-electron chi connectivity index (χ0n) is 15.1. The highest BCUT2D eigenvalue weighted by Gasteiger charge is 2.42. The highest BCUT2D eigenvalue weighted by molar-refractivity contribution is 5.97. The molecule has 2 fully saturated rings. The van der Waals surface area contributed by atoms with Crippen LogP contribution in [0.5, 0.6) is 5.75 Å². The van der Waals surface area contributed by atoms with Crippen molar-refractivity contribution in [3.05, 3.63) is 29.8 Å². The van der Waals surface area contributed by atoms with Gasteiger partial charge in [-0.1, -0.05) is 25.0 Å². The van der Waals surface area contributed by atoms with Crippen LogP contribution in [0.3, 0.4) is 0 Å². The smallest absolute Gasteiger partial charge is 0.255 e. The van der Waals surface area contributed by atoms with E-state index in [2.05, 4.69) is 10.2 Å². The number of fused-ring (bicyclic) bond motifs is 1. The number of amides is 1. The minimum Gasteiger partial charge on any atom is -0.485 e. The first kappa shape index (κ1) is 16.9. The van der Waals surface area contributed by atoms with E-state index in [0.29, 0.717) is 12.1 Å². The van der Waals surface area contributed by atoms with Crippen LogP contribution in [-0.2, 0) is 4.74 Å². The summed E-state index contributed by atoms with van der Waals surface area (Å²) in [5.74, 6) is 0.689. The number of rotatable bonds is 3. The van der Waals surface area contributed by atoms with Crippen LogP contribution in [0.15, 0.2) is 24.3 Å². The maximum Gasteiger partial charge on any atom is 0.255 e. The Morgan fingerprint density at radius 1 is 1.16 bits per heavy atom. The van der Waals surface area contributed by atoms with Crippen LogP contribution in [0.2, 0.25) is 0 Å². The molecule has 0 bridgehead atoms. The molecule has 0 radical (unpaired) electrons. The Labute approximate surface area is 149 Å². The molecule has 1 saturated heterocycles. The summed E-state index contributed by atoms with van der Waals surface area (Å²) in [6, 6.07) is 7.56. The molecule has 136 valence electrons. The van der Waals surface area contributed by atoms with Gasteiger partial charge in [0.15, 0.2) is 0 Å². The molecule has 1 saturated carbocycles. The summed E-state index contributed by atoms with van der Waals surface area (Å²) < 4.78 is 12.3. The Kier molecular flexibility index (Phi) is 4.46. The normalized spacial score (nSPS) is 25.1. The van der Waals surface area contributed by atoms with Gasteiger partial charge in [0.2, 0.25) is 0 Å². The third-order valence-electron chi connectivity index (χ3n) is 6.26. The van der Waals surface area contributed by atoms with Crippen molar-refractivity contribution < 1.29 is 14.3 Å². The number of nitrogens with one attached hydrogen (secondary N) is 1. The van der Waals surface area contributed by atoms with E-state index in [1.165, 1.54) is 25.7 Å². The van der Waals surface area contributed by atoms with Gasteiger partial charge in [0.25, 0.3) is 5.91 Å². The molecule has 5 nitrogen and oxygen atoms in total. The number of carbonyl (C=O) groups excluding carboxylic acids is 1. The van der Waals surface area contributed by atoms with Crippen molar-refractivity contribution >= 4 is 5.91 Å². The van der Waals surface area contributed by atoms with Gasteiger partial charge in [-0.05, 0) is 25.0 Å². The van der Waals surface area contributed by atoms with Crippen molar-refractivity contribution in [1.82, 2.24) is 10.2 Å². The average molecular weight is 344 g/mol. The number of para-hydroxylation sites is 1. The molecular weight excluding hydrogens is 316 g/mol. The van der Waals surface area contributed by atoms with Gasteiger partial charge < -0.3 is 19.7 Å². The van der Waals surface area contributed by atoms with E-state index in [4.69, 9.17) is 9.47 Å². The molecule has 0 atom stereocenters. The third-order valence-corrected chi connectivity index (χ3v) is 6.26. The molecule has 0 aromatic heterocycles. The fourth-order valence-corrected chi connectivity index (χ4v) is 4.60. The fraction of sp³-hybridized carbons (Fsp3) is 0.650. The Morgan fingerprint density at radius 3 is 2.60 bits per heavy atom. The first-order valence-corrected chi connectivity index (χ1v) is 9.48. The molecule has 1 amide bonds. The molecular formula is C20H28N2O3. The number of carbonyl (C=O) groups is 1. The second-order valence-electron chi connectivity index (χ2n) is 7.83. The van der Waals surface area contributed by atoms with Crippen LogP contribution >= 0.6 is 0 Å². The van der Waals surface area contributed by atoms with Crippen LogP contribution < -0.4 is 10.1 Å². The lowest BCUT2D eigenvalue weighted by molar-refractivity contribution is -0.0552. The summed E-state index contributed by atoms with van der Waals surface area (Å²) in [5, 5.41) is 3.06. The molecule has 25 heavy (non-hydrogen) atoms. The van der Waals surface area contributed by atoms with Gasteiger partial charge in [-0.25, -0.2) is 0 Å². The van der Waals surface area contributed by atoms with Crippen molar-refractivity contribution in [3.8, 4) is 5.75 Å². The van der Waals surface area contributed by atoms with E-state index in [1.54, 1.807) is 0 Å². The fourth-order valence-electron chi connectivity index (χ4n) is 4.60. The van der Waals surface area contributed by atoms with Crippen LogP contribution in [0.4, 0.5) is 0 Å². The van der Waals surface area contributed by atoms with Crippen LogP contribution in [0.1, 0.15) is 48.9 Å². The predicted molar refractivity (Wildman–Crippen MR) is 96.0 cm³/mol. The number of methoxy groups -OCH3 is 1. The van der Waals surface area contributed by atoms with E-state index >= 15 is 0 Å². The number of hydrogen-bond acceptors (Lipinski definition) is 4. The van der Waals surface area contributed by atoms with E-state index in [1.807, 2.05) is 31.4 Å². The summed E-state index contributed by atoms with van der Waals surface area (Å²) in [7, 11) is 1.86. The van der Waals surface area contributed by atoms with Gasteiger partial charge in [-0.2, -0.15) is 0 Å². The molecule has 1 N–H and O–H groups in total. The van der Waals surface area contributed by atoms with Crippen molar-refractivity contribution in [1.29, 1.82) is 0 Å². The second kappa shape index (κ2) is 6.61. The van der Waals surface area contributed by atoms with E-state index < -0.39 is 0 Å². The monoisotopic (exact) mass is 344 g/mol. The Bertz CT molecular complexity index is 632. The zero-order valence-corrected chi connectivity index (χ0v) is 15.1. The summed E-state index contributed by atoms with van der Waals surface area (Å²) in [4.78, 5) is 14.8. The molecule has 4 rings (SSSR count). The van der Waals surface area contributed by atoms with Crippen LogP contribution in [0, 0.1) is 0 Å². The van der Waals surface area contributed by atoms with Gasteiger partial charge in [-0.3, -0.25) is 4.79 Å². The standard InChI is InChI=1S/C20H28N2O3/c1-24-20(8-4-5-9-20)15-22-12-10-19(11-13-22)14-21-18(23)16-6-2-3-7-17(16)25-19/h2-3,6-7H,4-5,8-15H2,1H3,(H,21,23).